The minimum Gasteiger partial charge on any atom is -0.392 e. The Kier molecular flexibility index (Phi) is 7.89. The Hall–Kier alpha value is -2.24. The maximum atomic E-state index is 13.1. The van der Waals surface area contributed by atoms with Crippen LogP contribution in [0.1, 0.15) is 16.9 Å². The Bertz CT molecular complexity index is 1380. The van der Waals surface area contributed by atoms with Crippen LogP contribution in [-0.4, -0.2) is 37.4 Å². The topological polar surface area (TPSA) is 90.6 Å². The fourth-order valence-electron chi connectivity index (χ4n) is 3.00. The van der Waals surface area contributed by atoms with Gasteiger partial charge in [0, 0.05) is 27.5 Å². The zero-order valence-corrected chi connectivity index (χ0v) is 20.6. The fourth-order valence-corrected chi connectivity index (χ4v) is 5.26. The molecule has 1 heterocycles. The highest BCUT2D eigenvalue weighted by atomic mass is 35.5. The molecule has 0 radical (unpaired) electrons. The number of sulfone groups is 1. The summed E-state index contributed by atoms with van der Waals surface area (Å²) in [6.45, 7) is -0.463. The van der Waals surface area contributed by atoms with Gasteiger partial charge in [-0.3, -0.25) is 0 Å². The molecule has 34 heavy (non-hydrogen) atoms. The quantitative estimate of drug-likeness (QED) is 0.321. The van der Waals surface area contributed by atoms with E-state index in [1.54, 1.807) is 18.2 Å². The molecule has 12 heteroatoms. The Morgan fingerprint density at radius 3 is 2.44 bits per heavy atom. The van der Waals surface area contributed by atoms with Crippen molar-refractivity contribution in [2.75, 3.05) is 6.26 Å². The summed E-state index contributed by atoms with van der Waals surface area (Å²) < 4.78 is 63.5. The number of hydrogen-bond acceptors (Lipinski definition) is 6. The van der Waals surface area contributed by atoms with Crippen LogP contribution in [0.4, 0.5) is 18.9 Å². The monoisotopic (exact) mass is 548 g/mol. The minimum absolute atomic E-state index is 0.0408. The molecule has 0 bridgehead atoms. The second-order valence-corrected chi connectivity index (χ2v) is 11.1. The SMILES string of the molecule is CS(=O)(=O)c1cc(-c2ccc(C(CC(=N)C(F)(F)F)=Nc3cc(Cl)ccc3Cl)s2)ccc1CO. The minimum atomic E-state index is -4.83. The van der Waals surface area contributed by atoms with Crippen molar-refractivity contribution in [2.45, 2.75) is 24.1 Å². The van der Waals surface area contributed by atoms with Crippen molar-refractivity contribution in [1.29, 1.82) is 5.41 Å². The molecule has 0 aliphatic carbocycles. The average molecular weight is 549 g/mol. The van der Waals surface area contributed by atoms with Crippen LogP contribution >= 0.6 is 34.5 Å². The van der Waals surface area contributed by atoms with E-state index in [2.05, 4.69) is 4.99 Å². The summed E-state index contributed by atoms with van der Waals surface area (Å²) >= 11 is 13.2. The van der Waals surface area contributed by atoms with Crippen molar-refractivity contribution < 1.29 is 26.7 Å². The van der Waals surface area contributed by atoms with Gasteiger partial charge in [0.25, 0.3) is 0 Å². The largest absolute Gasteiger partial charge is 0.429 e. The first-order chi connectivity index (χ1) is 15.8. The molecule has 2 aromatic carbocycles. The molecule has 2 N–H and O–H groups in total. The van der Waals surface area contributed by atoms with E-state index in [0.717, 1.165) is 17.6 Å². The lowest BCUT2D eigenvalue weighted by Gasteiger charge is -2.10. The number of nitrogens with one attached hydrogen (secondary N) is 1. The van der Waals surface area contributed by atoms with Gasteiger partial charge >= 0.3 is 6.18 Å². The van der Waals surface area contributed by atoms with Crippen molar-refractivity contribution in [3.63, 3.8) is 0 Å². The molecule has 0 spiro atoms. The first kappa shape index (κ1) is 26.4. The van der Waals surface area contributed by atoms with Gasteiger partial charge in [0.1, 0.15) is 5.71 Å². The third kappa shape index (κ3) is 6.25. The number of halogens is 5. The molecule has 0 aliphatic heterocycles. The Morgan fingerprint density at radius 1 is 1.12 bits per heavy atom. The van der Waals surface area contributed by atoms with E-state index in [0.29, 0.717) is 15.3 Å². The van der Waals surface area contributed by atoms with Crippen LogP contribution in [0.15, 0.2) is 58.4 Å². The predicted octanol–water partition coefficient (Wildman–Crippen LogP) is 6.71. The summed E-state index contributed by atoms with van der Waals surface area (Å²) in [5.41, 5.74) is -0.635. The number of thiophene rings is 1. The van der Waals surface area contributed by atoms with Crippen molar-refractivity contribution in [1.82, 2.24) is 0 Å². The van der Waals surface area contributed by atoms with Gasteiger partial charge in [0.05, 0.1) is 27.9 Å². The van der Waals surface area contributed by atoms with Gasteiger partial charge in [-0.15, -0.1) is 11.3 Å². The third-order valence-corrected chi connectivity index (χ3v) is 7.58. The van der Waals surface area contributed by atoms with Gasteiger partial charge in [0.15, 0.2) is 9.84 Å². The summed E-state index contributed by atoms with van der Waals surface area (Å²) in [7, 11) is -3.63. The highest BCUT2D eigenvalue weighted by Gasteiger charge is 2.35. The zero-order chi connectivity index (χ0) is 25.3. The molecule has 5 nitrogen and oxygen atoms in total. The molecule has 0 amide bonds. The van der Waals surface area contributed by atoms with Gasteiger partial charge in [-0.2, -0.15) is 13.2 Å². The Morgan fingerprint density at radius 2 is 1.82 bits per heavy atom. The first-order valence-corrected chi connectivity index (χ1v) is 13.0. The molecule has 0 atom stereocenters. The number of hydrogen-bond donors (Lipinski definition) is 2. The van der Waals surface area contributed by atoms with Gasteiger partial charge in [0.2, 0.25) is 0 Å². The number of nitrogens with zero attached hydrogens (tertiary/aromatic N) is 1. The Labute approximate surface area is 207 Å². The van der Waals surface area contributed by atoms with E-state index in [4.69, 9.17) is 28.6 Å². The molecule has 0 saturated carbocycles. The van der Waals surface area contributed by atoms with E-state index in [1.807, 2.05) is 0 Å². The van der Waals surface area contributed by atoms with E-state index in [9.17, 15) is 26.7 Å². The number of aliphatic imine (C=N–C) groups is 1. The molecule has 0 unspecified atom stereocenters. The molecular weight excluding hydrogens is 532 g/mol. The molecular formula is C22H17Cl2F3N2O3S2. The molecule has 180 valence electrons. The second kappa shape index (κ2) is 10.2. The number of aliphatic hydroxyl groups is 1. The van der Waals surface area contributed by atoms with Crippen LogP contribution in [0, 0.1) is 5.41 Å². The normalized spacial score (nSPS) is 12.7. The lowest BCUT2D eigenvalue weighted by molar-refractivity contribution is -0.0605. The van der Waals surface area contributed by atoms with E-state index < -0.39 is 34.8 Å². The standard InChI is InChI=1S/C22H17Cl2F3N2O3S2/c1-34(31,32)20-8-12(2-3-13(20)11-30)18-6-7-19(33-18)17(10-21(28)22(25,26)27)29-16-9-14(23)4-5-15(16)24/h2-9,28,30H,10-11H2,1H3. The zero-order valence-electron chi connectivity index (χ0n) is 17.5. The predicted molar refractivity (Wildman–Crippen MR) is 130 cm³/mol. The van der Waals surface area contributed by atoms with Gasteiger partial charge in [-0.25, -0.2) is 13.4 Å². The van der Waals surface area contributed by atoms with E-state index in [-0.39, 0.29) is 31.9 Å². The second-order valence-electron chi connectivity index (χ2n) is 7.22. The number of alkyl halides is 3. The van der Waals surface area contributed by atoms with Crippen LogP contribution in [-0.2, 0) is 16.4 Å². The molecule has 3 rings (SSSR count). The highest BCUT2D eigenvalue weighted by Crippen LogP contribution is 2.35. The van der Waals surface area contributed by atoms with Crippen LogP contribution in [0.25, 0.3) is 10.4 Å². The molecule has 0 saturated heterocycles. The molecule has 0 aliphatic rings. The fraction of sp³-hybridized carbons (Fsp3) is 0.182. The molecule has 1 aromatic heterocycles. The molecule has 0 fully saturated rings. The maximum absolute atomic E-state index is 13.1. The van der Waals surface area contributed by atoms with E-state index >= 15 is 0 Å². The van der Waals surface area contributed by atoms with Crippen molar-refractivity contribution >= 4 is 61.5 Å². The van der Waals surface area contributed by atoms with Crippen LogP contribution < -0.4 is 0 Å². The van der Waals surface area contributed by atoms with Crippen LogP contribution in [0.3, 0.4) is 0 Å². The maximum Gasteiger partial charge on any atom is 0.429 e. The number of benzene rings is 2. The summed E-state index contributed by atoms with van der Waals surface area (Å²) in [5.74, 6) is 0. The van der Waals surface area contributed by atoms with E-state index in [1.165, 1.54) is 30.3 Å². The lowest BCUT2D eigenvalue weighted by atomic mass is 10.1. The summed E-state index contributed by atoms with van der Waals surface area (Å²) in [6, 6.07) is 12.0. The van der Waals surface area contributed by atoms with Crippen molar-refractivity contribution in [2.24, 2.45) is 4.99 Å². The van der Waals surface area contributed by atoms with Gasteiger partial charge in [-0.1, -0.05) is 35.3 Å². The van der Waals surface area contributed by atoms with Gasteiger partial charge in [-0.05, 0) is 47.5 Å². The molecule has 3 aromatic rings. The first-order valence-electron chi connectivity index (χ1n) is 9.51. The average Bonchev–Trinajstić information content (AvgIpc) is 3.24. The number of rotatable bonds is 7. The summed E-state index contributed by atoms with van der Waals surface area (Å²) in [4.78, 5) is 5.14. The Balaban J connectivity index is 2.10. The van der Waals surface area contributed by atoms with Crippen LogP contribution in [0.2, 0.25) is 10.0 Å². The highest BCUT2D eigenvalue weighted by molar-refractivity contribution is 7.90. The number of aliphatic hydroxyl groups excluding tert-OH is 1. The van der Waals surface area contributed by atoms with Crippen molar-refractivity contribution in [3.05, 3.63) is 69.0 Å². The van der Waals surface area contributed by atoms with Crippen LogP contribution in [0.5, 0.6) is 0 Å². The summed E-state index contributed by atoms with van der Waals surface area (Å²) in [6.07, 6.45) is -4.61. The summed E-state index contributed by atoms with van der Waals surface area (Å²) in [5, 5.41) is 17.4. The van der Waals surface area contributed by atoms with Crippen molar-refractivity contribution in [3.8, 4) is 10.4 Å². The van der Waals surface area contributed by atoms with Gasteiger partial charge < -0.3 is 10.5 Å². The third-order valence-electron chi connectivity index (χ3n) is 4.66. The smallest absolute Gasteiger partial charge is 0.392 e. The lowest BCUT2D eigenvalue weighted by Crippen LogP contribution is -2.24.